The zero-order valence-electron chi connectivity index (χ0n) is 8.74. The van der Waals surface area contributed by atoms with E-state index >= 15 is 0 Å². The van der Waals surface area contributed by atoms with Crippen molar-refractivity contribution in [2.75, 3.05) is 32.7 Å². The van der Waals surface area contributed by atoms with Gasteiger partial charge >= 0.3 is 0 Å². The summed E-state index contributed by atoms with van der Waals surface area (Å²) in [6.45, 7) is 8.91. The average Bonchev–Trinajstić information content (AvgIpc) is 2.63. The third-order valence-corrected chi connectivity index (χ3v) is 2.79. The molecule has 0 aromatic carbocycles. The van der Waals surface area contributed by atoms with Crippen LogP contribution in [0.1, 0.15) is 5.69 Å². The molecule has 0 amide bonds. The summed E-state index contributed by atoms with van der Waals surface area (Å²) < 4.78 is 2.21. The Bertz CT molecular complexity index is 275. The molecule has 1 aromatic heterocycles. The Morgan fingerprint density at radius 1 is 1.36 bits per heavy atom. The Morgan fingerprint density at radius 2 is 2.14 bits per heavy atom. The van der Waals surface area contributed by atoms with E-state index in [1.807, 2.05) is 12.5 Å². The van der Waals surface area contributed by atoms with Gasteiger partial charge < -0.3 is 9.88 Å². The van der Waals surface area contributed by atoms with Crippen molar-refractivity contribution < 1.29 is 0 Å². The van der Waals surface area contributed by atoms with Gasteiger partial charge in [-0.15, -0.1) is 0 Å². The van der Waals surface area contributed by atoms with E-state index in [0.717, 1.165) is 26.2 Å². The summed E-state index contributed by atoms with van der Waals surface area (Å²) >= 11 is 0. The normalized spacial score (nSPS) is 18.6. The Kier molecular flexibility index (Phi) is 3.16. The first kappa shape index (κ1) is 9.68. The molecule has 78 valence electrons. The Morgan fingerprint density at radius 3 is 2.79 bits per heavy atom. The highest BCUT2D eigenvalue weighted by Gasteiger charge is 2.08. The van der Waals surface area contributed by atoms with Crippen LogP contribution in [0.25, 0.3) is 0 Å². The van der Waals surface area contributed by atoms with Gasteiger partial charge in [-0.2, -0.15) is 0 Å². The van der Waals surface area contributed by atoms with Gasteiger partial charge in [0.2, 0.25) is 0 Å². The van der Waals surface area contributed by atoms with Crippen LogP contribution in [0.3, 0.4) is 0 Å². The second kappa shape index (κ2) is 4.57. The molecule has 0 atom stereocenters. The highest BCUT2D eigenvalue weighted by atomic mass is 15.2. The molecule has 2 heterocycles. The van der Waals surface area contributed by atoms with Gasteiger partial charge in [0, 0.05) is 51.2 Å². The van der Waals surface area contributed by atoms with Crippen LogP contribution in [0.2, 0.25) is 0 Å². The van der Waals surface area contributed by atoms with Crippen LogP contribution < -0.4 is 5.32 Å². The zero-order valence-corrected chi connectivity index (χ0v) is 8.74. The maximum Gasteiger partial charge on any atom is 0.0948 e. The molecule has 1 aliphatic heterocycles. The van der Waals surface area contributed by atoms with Crippen molar-refractivity contribution in [2.45, 2.75) is 13.5 Å². The van der Waals surface area contributed by atoms with Crippen molar-refractivity contribution in [2.24, 2.45) is 0 Å². The van der Waals surface area contributed by atoms with Crippen molar-refractivity contribution in [1.82, 2.24) is 19.8 Å². The second-order valence-electron chi connectivity index (χ2n) is 3.82. The fourth-order valence-corrected chi connectivity index (χ4v) is 1.80. The van der Waals surface area contributed by atoms with E-state index in [-0.39, 0.29) is 0 Å². The molecule has 1 N–H and O–H groups in total. The van der Waals surface area contributed by atoms with E-state index in [0.29, 0.717) is 0 Å². The molecule has 4 heteroatoms. The number of rotatable bonds is 3. The Balaban J connectivity index is 1.79. The lowest BCUT2D eigenvalue weighted by Crippen LogP contribution is -2.44. The summed E-state index contributed by atoms with van der Waals surface area (Å²) in [4.78, 5) is 6.61. The number of imidazole rings is 1. The maximum absolute atomic E-state index is 4.12. The lowest BCUT2D eigenvalue weighted by molar-refractivity contribution is 0.232. The van der Waals surface area contributed by atoms with E-state index in [4.69, 9.17) is 0 Å². The summed E-state index contributed by atoms with van der Waals surface area (Å²) in [5.74, 6) is 0. The fourth-order valence-electron chi connectivity index (χ4n) is 1.80. The van der Waals surface area contributed by atoms with Gasteiger partial charge in [-0.3, -0.25) is 4.90 Å². The number of hydrogen-bond donors (Lipinski definition) is 1. The van der Waals surface area contributed by atoms with Crippen molar-refractivity contribution in [3.63, 3.8) is 0 Å². The number of nitrogens with zero attached hydrogens (tertiary/aromatic N) is 3. The minimum absolute atomic E-state index is 1.06. The van der Waals surface area contributed by atoms with E-state index in [1.54, 1.807) is 0 Å². The van der Waals surface area contributed by atoms with Crippen molar-refractivity contribution >= 4 is 0 Å². The molecule has 0 saturated carbocycles. The minimum Gasteiger partial charge on any atom is -0.334 e. The first-order chi connectivity index (χ1) is 6.86. The molecule has 0 spiro atoms. The van der Waals surface area contributed by atoms with Gasteiger partial charge in [-0.05, 0) is 6.92 Å². The topological polar surface area (TPSA) is 33.1 Å². The molecule has 1 saturated heterocycles. The molecular weight excluding hydrogens is 176 g/mol. The second-order valence-corrected chi connectivity index (χ2v) is 3.82. The van der Waals surface area contributed by atoms with Crippen LogP contribution in [0.5, 0.6) is 0 Å². The molecule has 4 nitrogen and oxygen atoms in total. The summed E-state index contributed by atoms with van der Waals surface area (Å²) in [6.07, 6.45) is 3.83. The monoisotopic (exact) mass is 194 g/mol. The highest BCUT2D eigenvalue weighted by molar-refractivity contribution is 4.93. The van der Waals surface area contributed by atoms with Crippen LogP contribution in [-0.2, 0) is 6.54 Å². The maximum atomic E-state index is 4.12. The third kappa shape index (κ3) is 2.33. The van der Waals surface area contributed by atoms with Crippen LogP contribution in [0, 0.1) is 6.92 Å². The first-order valence-corrected chi connectivity index (χ1v) is 5.26. The van der Waals surface area contributed by atoms with Gasteiger partial charge in [0.15, 0.2) is 0 Å². The van der Waals surface area contributed by atoms with Crippen LogP contribution in [-0.4, -0.2) is 47.2 Å². The molecule has 0 unspecified atom stereocenters. The number of aromatic nitrogens is 2. The predicted molar refractivity (Wildman–Crippen MR) is 56.3 cm³/mol. The van der Waals surface area contributed by atoms with Crippen molar-refractivity contribution in [3.05, 3.63) is 18.2 Å². The summed E-state index contributed by atoms with van der Waals surface area (Å²) in [5.41, 5.74) is 1.25. The zero-order chi connectivity index (χ0) is 9.80. The van der Waals surface area contributed by atoms with Gasteiger partial charge in [0.05, 0.1) is 6.33 Å². The molecule has 0 bridgehead atoms. The Hall–Kier alpha value is -0.870. The molecule has 2 rings (SSSR count). The summed E-state index contributed by atoms with van der Waals surface area (Å²) in [7, 11) is 0. The van der Waals surface area contributed by atoms with E-state index in [2.05, 4.69) is 26.7 Å². The summed E-state index contributed by atoms with van der Waals surface area (Å²) in [6, 6.07) is 0. The van der Waals surface area contributed by atoms with Gasteiger partial charge in [0.1, 0.15) is 0 Å². The van der Waals surface area contributed by atoms with Crippen molar-refractivity contribution in [1.29, 1.82) is 0 Å². The molecule has 1 fully saturated rings. The van der Waals surface area contributed by atoms with E-state index in [1.165, 1.54) is 18.8 Å². The van der Waals surface area contributed by atoms with Crippen LogP contribution >= 0.6 is 0 Å². The SMILES string of the molecule is Cc1cncn1CCN1CCNCC1. The summed E-state index contributed by atoms with van der Waals surface area (Å²) in [5, 5.41) is 3.36. The van der Waals surface area contributed by atoms with E-state index in [9.17, 15) is 0 Å². The largest absolute Gasteiger partial charge is 0.334 e. The number of aryl methyl sites for hydroxylation is 1. The molecule has 14 heavy (non-hydrogen) atoms. The van der Waals surface area contributed by atoms with Gasteiger partial charge in [0.25, 0.3) is 0 Å². The van der Waals surface area contributed by atoms with Crippen LogP contribution in [0.15, 0.2) is 12.5 Å². The van der Waals surface area contributed by atoms with Crippen molar-refractivity contribution in [3.8, 4) is 0 Å². The number of nitrogens with one attached hydrogen (secondary N) is 1. The molecule has 1 aromatic rings. The van der Waals surface area contributed by atoms with Gasteiger partial charge in [-0.1, -0.05) is 0 Å². The lowest BCUT2D eigenvalue weighted by Gasteiger charge is -2.27. The molecular formula is C10H18N4. The van der Waals surface area contributed by atoms with E-state index < -0.39 is 0 Å². The Labute approximate surface area is 84.9 Å². The minimum atomic E-state index is 1.06. The smallest absolute Gasteiger partial charge is 0.0948 e. The molecule has 0 aliphatic carbocycles. The highest BCUT2D eigenvalue weighted by Crippen LogP contribution is 1.98. The van der Waals surface area contributed by atoms with Gasteiger partial charge in [-0.25, -0.2) is 4.98 Å². The average molecular weight is 194 g/mol. The fraction of sp³-hybridized carbons (Fsp3) is 0.700. The predicted octanol–water partition coefficient (Wildman–Crippen LogP) is 0.0967. The standard InChI is InChI=1S/C10H18N4/c1-10-8-12-9-14(10)7-6-13-4-2-11-3-5-13/h8-9,11H,2-7H2,1H3. The molecule has 1 aliphatic rings. The lowest BCUT2D eigenvalue weighted by atomic mass is 10.3. The van der Waals surface area contributed by atoms with Crippen LogP contribution in [0.4, 0.5) is 0 Å². The first-order valence-electron chi connectivity index (χ1n) is 5.26. The quantitative estimate of drug-likeness (QED) is 0.740. The number of piperazine rings is 1. The molecule has 0 radical (unpaired) electrons. The third-order valence-electron chi connectivity index (χ3n) is 2.79. The number of hydrogen-bond acceptors (Lipinski definition) is 3.